The molecular weight excluding hydrogens is 332 g/mol. The number of aliphatic hydroxyl groups excluding tert-OH is 1. The number of isothiocyanates is 1. The molecule has 1 rings (SSSR count). The molecule has 0 heterocycles. The van der Waals surface area contributed by atoms with Crippen molar-refractivity contribution in [3.63, 3.8) is 0 Å². The van der Waals surface area contributed by atoms with Crippen molar-refractivity contribution in [1.82, 2.24) is 0 Å². The Hall–Kier alpha value is -1.67. The van der Waals surface area contributed by atoms with Gasteiger partial charge in [0.25, 0.3) is 0 Å². The average molecular weight is 356 g/mol. The molecule has 1 N–H and O–H groups in total. The van der Waals surface area contributed by atoms with Gasteiger partial charge in [-0.3, -0.25) is 0 Å². The van der Waals surface area contributed by atoms with E-state index in [9.17, 15) is 0 Å². The van der Waals surface area contributed by atoms with E-state index in [4.69, 9.17) is 19.6 Å². The predicted octanol–water partition coefficient (Wildman–Crippen LogP) is 3.08. The Balaban J connectivity index is 0.000000754. The van der Waals surface area contributed by atoms with Crippen molar-refractivity contribution in [2.24, 2.45) is 9.98 Å². The van der Waals surface area contributed by atoms with Crippen LogP contribution in [-0.2, 0) is 19.2 Å². The summed E-state index contributed by atoms with van der Waals surface area (Å²) in [5.74, 6) is 0. The van der Waals surface area contributed by atoms with E-state index in [0.29, 0.717) is 19.8 Å². The van der Waals surface area contributed by atoms with Gasteiger partial charge in [-0.15, -0.1) is 0 Å². The molecule has 0 saturated carbocycles. The van der Waals surface area contributed by atoms with Crippen LogP contribution in [0.2, 0.25) is 0 Å². The number of thiocarbonyl (C=S) groups is 1. The van der Waals surface area contributed by atoms with E-state index in [0.717, 1.165) is 24.2 Å². The molecule has 0 aliphatic rings. The highest BCUT2D eigenvalue weighted by Gasteiger charge is 1.90. The van der Waals surface area contributed by atoms with Gasteiger partial charge in [0.15, 0.2) is 0 Å². The highest BCUT2D eigenvalue weighted by atomic mass is 32.1. The third-order valence-electron chi connectivity index (χ3n) is 2.42. The van der Waals surface area contributed by atoms with Gasteiger partial charge >= 0.3 is 0 Å². The second-order valence-corrected chi connectivity index (χ2v) is 4.47. The van der Waals surface area contributed by atoms with Crippen LogP contribution in [0.25, 0.3) is 0 Å². The van der Waals surface area contributed by atoms with Crippen LogP contribution >= 0.6 is 12.2 Å². The number of aliphatic imine (C=N–C) groups is 2. The van der Waals surface area contributed by atoms with Crippen LogP contribution in [0.5, 0.6) is 0 Å². The molecule has 0 amide bonds. The summed E-state index contributed by atoms with van der Waals surface area (Å²) in [7, 11) is 3.26. The molecule has 0 atom stereocenters. The van der Waals surface area contributed by atoms with E-state index in [1.165, 1.54) is 6.40 Å². The highest BCUT2D eigenvalue weighted by molar-refractivity contribution is 7.78. The lowest BCUT2D eigenvalue weighted by Crippen LogP contribution is -1.98. The first-order valence-electron chi connectivity index (χ1n) is 7.36. The highest BCUT2D eigenvalue weighted by Crippen LogP contribution is 2.17. The number of hydrogen-bond donors (Lipinski definition) is 1. The molecule has 0 fully saturated rings. The van der Waals surface area contributed by atoms with Crippen LogP contribution in [0.15, 0.2) is 34.3 Å². The predicted molar refractivity (Wildman–Crippen MR) is 96.4 cm³/mol. The van der Waals surface area contributed by atoms with Crippen molar-refractivity contribution < 1.29 is 24.4 Å². The van der Waals surface area contributed by atoms with E-state index < -0.39 is 0 Å². The normalized spacial score (nSPS) is 9.96. The maximum atomic E-state index is 8.12. The summed E-state index contributed by atoms with van der Waals surface area (Å²) >= 11 is 4.50. The minimum atomic E-state index is 0.230. The largest absolute Gasteiger partial charge is 0.396 e. The van der Waals surface area contributed by atoms with Crippen molar-refractivity contribution in [1.29, 1.82) is 0 Å². The molecule has 0 unspecified atom stereocenters. The van der Waals surface area contributed by atoms with Crippen LogP contribution in [0.4, 0.5) is 11.4 Å². The summed E-state index contributed by atoms with van der Waals surface area (Å²) in [4.78, 5) is 17.5. The van der Waals surface area contributed by atoms with Gasteiger partial charge in [-0.25, -0.2) is 4.99 Å². The number of ether oxygens (including phenoxy) is 2. The van der Waals surface area contributed by atoms with Crippen LogP contribution < -0.4 is 0 Å². The van der Waals surface area contributed by atoms with E-state index in [1.807, 2.05) is 0 Å². The average Bonchev–Trinajstić information content (AvgIpc) is 2.61. The molecule has 134 valence electrons. The third-order valence-corrected chi connectivity index (χ3v) is 2.51. The maximum Gasteiger partial charge on any atom is 0.219 e. The SMILES string of the molecule is COCCCO.COCCCOOC=Nc1ccc(N=C=S)cc1. The smallest absolute Gasteiger partial charge is 0.219 e. The number of rotatable bonds is 11. The van der Waals surface area contributed by atoms with Crippen LogP contribution in [0.3, 0.4) is 0 Å². The summed E-state index contributed by atoms with van der Waals surface area (Å²) in [6, 6.07) is 7.14. The van der Waals surface area contributed by atoms with E-state index in [-0.39, 0.29) is 6.61 Å². The number of aliphatic hydroxyl groups is 1. The molecule has 0 saturated heterocycles. The van der Waals surface area contributed by atoms with Crippen molar-refractivity contribution in [2.45, 2.75) is 12.8 Å². The Bertz CT molecular complexity index is 472. The molecule has 24 heavy (non-hydrogen) atoms. The molecular formula is C16H24N2O5S. The molecule has 0 aliphatic carbocycles. The van der Waals surface area contributed by atoms with Crippen molar-refractivity contribution in [3.05, 3.63) is 24.3 Å². The monoisotopic (exact) mass is 356 g/mol. The van der Waals surface area contributed by atoms with Crippen molar-refractivity contribution in [2.75, 3.05) is 40.6 Å². The number of benzene rings is 1. The summed E-state index contributed by atoms with van der Waals surface area (Å²) in [6.07, 6.45) is 2.76. The van der Waals surface area contributed by atoms with Gasteiger partial charge in [-0.05, 0) is 49.3 Å². The van der Waals surface area contributed by atoms with Crippen molar-refractivity contribution in [3.8, 4) is 0 Å². The fraction of sp³-hybridized carbons (Fsp3) is 0.500. The fourth-order valence-electron chi connectivity index (χ4n) is 1.30. The zero-order valence-corrected chi connectivity index (χ0v) is 14.8. The van der Waals surface area contributed by atoms with Gasteiger partial charge in [-0.2, -0.15) is 9.88 Å². The maximum absolute atomic E-state index is 8.12. The van der Waals surface area contributed by atoms with Gasteiger partial charge in [0.2, 0.25) is 6.40 Å². The Morgan fingerprint density at radius 3 is 2.21 bits per heavy atom. The summed E-state index contributed by atoms with van der Waals surface area (Å²) < 4.78 is 9.48. The Kier molecular flexibility index (Phi) is 16.4. The number of hydrogen-bond acceptors (Lipinski definition) is 8. The van der Waals surface area contributed by atoms with Gasteiger partial charge in [0.1, 0.15) is 0 Å². The summed E-state index contributed by atoms with van der Waals surface area (Å²) in [5.41, 5.74) is 1.47. The fourth-order valence-corrected chi connectivity index (χ4v) is 1.40. The van der Waals surface area contributed by atoms with Crippen LogP contribution in [0, 0.1) is 0 Å². The summed E-state index contributed by atoms with van der Waals surface area (Å²) in [5, 5.41) is 10.4. The first kappa shape index (κ1) is 22.3. The first-order chi connectivity index (χ1) is 11.8. The van der Waals surface area contributed by atoms with Gasteiger partial charge in [0.05, 0.1) is 23.1 Å². The number of methoxy groups -OCH3 is 2. The second-order valence-electron chi connectivity index (χ2n) is 4.29. The van der Waals surface area contributed by atoms with Crippen LogP contribution in [0.1, 0.15) is 12.8 Å². The zero-order chi connectivity index (χ0) is 17.9. The molecule has 0 aliphatic heterocycles. The van der Waals surface area contributed by atoms with Gasteiger partial charge in [0, 0.05) is 34.0 Å². The summed E-state index contributed by atoms with van der Waals surface area (Å²) in [6.45, 7) is 1.99. The lowest BCUT2D eigenvalue weighted by Gasteiger charge is -1.99. The topological polar surface area (TPSA) is 81.9 Å². The minimum absolute atomic E-state index is 0.230. The molecule has 0 aromatic heterocycles. The van der Waals surface area contributed by atoms with Gasteiger partial charge in [-0.1, -0.05) is 0 Å². The number of nitrogens with zero attached hydrogens (tertiary/aromatic N) is 2. The molecule has 8 heteroatoms. The second kappa shape index (κ2) is 17.7. The van der Waals surface area contributed by atoms with E-state index in [2.05, 4.69) is 32.1 Å². The quantitative estimate of drug-likeness (QED) is 0.164. The molecule has 1 aromatic rings. The lowest BCUT2D eigenvalue weighted by atomic mass is 10.3. The third kappa shape index (κ3) is 14.0. The van der Waals surface area contributed by atoms with Crippen molar-refractivity contribution >= 4 is 35.2 Å². The lowest BCUT2D eigenvalue weighted by molar-refractivity contribution is -0.218. The molecule has 0 radical (unpaired) electrons. The van der Waals surface area contributed by atoms with E-state index >= 15 is 0 Å². The first-order valence-corrected chi connectivity index (χ1v) is 7.76. The van der Waals surface area contributed by atoms with Gasteiger partial charge < -0.3 is 19.5 Å². The Labute approximate surface area is 147 Å². The minimum Gasteiger partial charge on any atom is -0.396 e. The molecule has 1 aromatic carbocycles. The molecule has 7 nitrogen and oxygen atoms in total. The molecule has 0 spiro atoms. The molecule has 0 bridgehead atoms. The zero-order valence-electron chi connectivity index (χ0n) is 14.0. The Morgan fingerprint density at radius 2 is 1.67 bits per heavy atom. The van der Waals surface area contributed by atoms with E-state index in [1.54, 1.807) is 38.5 Å². The Morgan fingerprint density at radius 1 is 1.04 bits per heavy atom. The van der Waals surface area contributed by atoms with Crippen LogP contribution in [-0.4, -0.2) is 57.3 Å². The standard InChI is InChI=1S/C12H14N2O3S.C4H10O2/c1-15-7-2-8-16-17-9-13-11-3-5-12(6-4-11)14-10-18;1-6-4-2-3-5/h3-6,9H,2,7-8H2,1H3;5H,2-4H2,1H3.